The summed E-state index contributed by atoms with van der Waals surface area (Å²) >= 11 is 0. The van der Waals surface area contributed by atoms with Gasteiger partial charge in [-0.2, -0.15) is 0 Å². The summed E-state index contributed by atoms with van der Waals surface area (Å²) in [5.74, 6) is -1.58. The van der Waals surface area contributed by atoms with Crippen LogP contribution in [0.1, 0.15) is 66.7 Å². The van der Waals surface area contributed by atoms with Crippen molar-refractivity contribution in [1.82, 2.24) is 0 Å². The summed E-state index contributed by atoms with van der Waals surface area (Å²) in [6.07, 6.45) is 4.50. The first kappa shape index (κ1) is 24.3. The number of allylic oxidation sites excluding steroid dienone is 4. The predicted octanol–water partition coefficient (Wildman–Crippen LogP) is 3.72. The fraction of sp³-hybridized carbons (Fsp3) is 0.760. The lowest BCUT2D eigenvalue weighted by atomic mass is 9.52. The zero-order valence-corrected chi connectivity index (χ0v) is 19.4. The van der Waals surface area contributed by atoms with Gasteiger partial charge in [-0.1, -0.05) is 25.5 Å². The monoisotopic (exact) mass is 436 g/mol. The van der Waals surface area contributed by atoms with Crippen LogP contribution in [0.4, 0.5) is 4.39 Å². The lowest BCUT2D eigenvalue weighted by Gasteiger charge is -2.55. The highest BCUT2D eigenvalue weighted by Crippen LogP contribution is 2.60. The summed E-state index contributed by atoms with van der Waals surface area (Å²) in [4.78, 5) is 24.9. The van der Waals surface area contributed by atoms with Crippen molar-refractivity contribution in [2.75, 3.05) is 6.61 Å². The molecule has 0 aromatic carbocycles. The molecule has 7 atom stereocenters. The Morgan fingerprint density at radius 3 is 2.65 bits per heavy atom. The second kappa shape index (κ2) is 8.53. The first-order valence-corrected chi connectivity index (χ1v) is 11.5. The molecule has 2 N–H and O–H groups in total. The molecule has 2 saturated carbocycles. The quantitative estimate of drug-likeness (QED) is 0.702. The van der Waals surface area contributed by atoms with Crippen molar-refractivity contribution in [3.63, 3.8) is 0 Å². The van der Waals surface area contributed by atoms with E-state index in [4.69, 9.17) is 4.74 Å². The van der Waals surface area contributed by atoms with Crippen molar-refractivity contribution in [1.29, 1.82) is 0 Å². The number of aliphatic hydroxyl groups excluding tert-OH is 1. The average molecular weight is 437 g/mol. The molecular weight excluding hydrogens is 399 g/mol. The van der Waals surface area contributed by atoms with Crippen molar-refractivity contribution >= 4 is 11.6 Å². The molecule has 174 valence electrons. The second-order valence-electron chi connectivity index (χ2n) is 10.4. The number of ketones is 2. The molecule has 0 bridgehead atoms. The molecular formula is C25H37FO5. The summed E-state index contributed by atoms with van der Waals surface area (Å²) < 4.78 is 22.6. The van der Waals surface area contributed by atoms with Gasteiger partial charge < -0.3 is 14.9 Å². The Balaban J connectivity index is 1.98. The van der Waals surface area contributed by atoms with E-state index in [1.807, 2.05) is 27.7 Å². The predicted molar refractivity (Wildman–Crippen MR) is 116 cm³/mol. The maximum Gasteiger partial charge on any atom is 0.190 e. The first-order valence-electron chi connectivity index (χ1n) is 11.5. The molecule has 3 aliphatic carbocycles. The Hall–Kier alpha value is -1.37. The summed E-state index contributed by atoms with van der Waals surface area (Å²) in [6, 6.07) is 0. The van der Waals surface area contributed by atoms with Gasteiger partial charge in [0.25, 0.3) is 0 Å². The molecule has 0 aromatic heterocycles. The van der Waals surface area contributed by atoms with Gasteiger partial charge in [-0.15, -0.1) is 0 Å². The summed E-state index contributed by atoms with van der Waals surface area (Å²) in [7, 11) is 0. The van der Waals surface area contributed by atoms with Crippen LogP contribution in [-0.4, -0.2) is 51.9 Å². The van der Waals surface area contributed by atoms with Crippen LogP contribution in [0.5, 0.6) is 0 Å². The number of aliphatic hydroxyl groups is 2. The number of rotatable bonds is 4. The minimum absolute atomic E-state index is 0.0293. The SMILES string of the molecule is CC(C)OCC(=O)[C@]1(O)CC[C@H](O)[C@@]2(F)[C@@H](CCC3=CC(=O)C=C[C@@]32C)[C@@H](C)C[C@H]1C. The highest BCUT2D eigenvalue weighted by Gasteiger charge is 2.63. The van der Waals surface area contributed by atoms with Crippen LogP contribution in [0.15, 0.2) is 23.8 Å². The van der Waals surface area contributed by atoms with Gasteiger partial charge >= 0.3 is 0 Å². The van der Waals surface area contributed by atoms with E-state index in [-0.39, 0.29) is 37.3 Å². The summed E-state index contributed by atoms with van der Waals surface area (Å²) in [5, 5.41) is 22.6. The smallest absolute Gasteiger partial charge is 0.190 e. The van der Waals surface area contributed by atoms with Gasteiger partial charge in [0.2, 0.25) is 0 Å². The number of hydrogen-bond donors (Lipinski definition) is 2. The Morgan fingerprint density at radius 2 is 2.00 bits per heavy atom. The molecule has 0 heterocycles. The van der Waals surface area contributed by atoms with Crippen LogP contribution in [-0.2, 0) is 14.3 Å². The minimum atomic E-state index is -1.99. The first-order chi connectivity index (χ1) is 14.4. The second-order valence-corrected chi connectivity index (χ2v) is 10.4. The number of carbonyl (C=O) groups is 2. The lowest BCUT2D eigenvalue weighted by molar-refractivity contribution is -0.152. The van der Waals surface area contributed by atoms with Gasteiger partial charge in [0.1, 0.15) is 12.2 Å². The maximum atomic E-state index is 17.1. The number of hydrogen-bond acceptors (Lipinski definition) is 5. The van der Waals surface area contributed by atoms with Crippen LogP contribution in [0.2, 0.25) is 0 Å². The average Bonchev–Trinajstić information content (AvgIpc) is 2.73. The Morgan fingerprint density at radius 1 is 1.32 bits per heavy atom. The van der Waals surface area contributed by atoms with Gasteiger partial charge in [-0.3, -0.25) is 9.59 Å². The number of carbonyl (C=O) groups excluding carboxylic acids is 2. The maximum absolute atomic E-state index is 17.1. The van der Waals surface area contributed by atoms with Gasteiger partial charge in [-0.05, 0) is 82.8 Å². The summed E-state index contributed by atoms with van der Waals surface area (Å²) in [5.41, 5.74) is -4.04. The molecule has 0 aromatic rings. The van der Waals surface area contributed by atoms with Crippen LogP contribution >= 0.6 is 0 Å². The van der Waals surface area contributed by atoms with E-state index in [9.17, 15) is 19.8 Å². The van der Waals surface area contributed by atoms with Crippen molar-refractivity contribution < 1.29 is 28.9 Å². The van der Waals surface area contributed by atoms with Crippen LogP contribution in [0.3, 0.4) is 0 Å². The third kappa shape index (κ3) is 3.96. The van der Waals surface area contributed by atoms with E-state index < -0.39 is 40.4 Å². The highest BCUT2D eigenvalue weighted by molar-refractivity contribution is 6.01. The fourth-order valence-electron chi connectivity index (χ4n) is 6.14. The topological polar surface area (TPSA) is 83.8 Å². The van der Waals surface area contributed by atoms with E-state index in [1.165, 1.54) is 12.2 Å². The molecule has 6 heteroatoms. The number of ether oxygens (including phenoxy) is 1. The van der Waals surface area contributed by atoms with Gasteiger partial charge in [0.15, 0.2) is 17.2 Å². The Bertz CT molecular complexity index is 789. The van der Waals surface area contributed by atoms with Crippen LogP contribution in [0, 0.1) is 23.2 Å². The van der Waals surface area contributed by atoms with Gasteiger partial charge in [0.05, 0.1) is 12.2 Å². The third-order valence-electron chi connectivity index (χ3n) is 8.17. The van der Waals surface area contributed by atoms with Crippen molar-refractivity contribution in [3.05, 3.63) is 23.8 Å². The van der Waals surface area contributed by atoms with Gasteiger partial charge in [0, 0.05) is 5.41 Å². The standard InChI is InChI=1S/C25H37FO5/c1-15(2)31-14-22(29)24(30)11-9-21(28)25(26)20(16(3)12-17(24)4)7-6-18-13-19(27)8-10-23(18,25)5/h8,10,13,15-17,20-21,28,30H,6-7,9,11-12,14H2,1-5H3/t16-,17+,20-,21-,23-,24-,25-/m0/s1. The number of Topliss-reactive ketones (excluding diaryl/α,β-unsaturated/α-hetero) is 1. The molecule has 0 saturated heterocycles. The number of alkyl halides is 1. The van der Waals surface area contributed by atoms with Crippen molar-refractivity contribution in [3.8, 4) is 0 Å². The Kier molecular flexibility index (Phi) is 6.68. The molecule has 3 rings (SSSR count). The number of fused-ring (bicyclic) bond motifs is 3. The van der Waals surface area contributed by atoms with Gasteiger partial charge in [-0.25, -0.2) is 4.39 Å². The normalized spacial score (nSPS) is 43.4. The molecule has 3 aliphatic rings. The highest BCUT2D eigenvalue weighted by atomic mass is 19.1. The molecule has 5 nitrogen and oxygen atoms in total. The molecule has 0 radical (unpaired) electrons. The molecule has 0 aliphatic heterocycles. The molecule has 0 spiro atoms. The zero-order valence-electron chi connectivity index (χ0n) is 19.4. The fourth-order valence-corrected chi connectivity index (χ4v) is 6.14. The van der Waals surface area contributed by atoms with E-state index in [0.29, 0.717) is 24.8 Å². The molecule has 2 fully saturated rings. The van der Waals surface area contributed by atoms with Crippen molar-refractivity contribution in [2.24, 2.45) is 23.2 Å². The van der Waals surface area contributed by atoms with E-state index >= 15 is 4.39 Å². The molecule has 0 unspecified atom stereocenters. The largest absolute Gasteiger partial charge is 0.390 e. The number of halogens is 1. The lowest BCUT2D eigenvalue weighted by Crippen LogP contribution is -2.60. The van der Waals surface area contributed by atoms with Crippen LogP contribution < -0.4 is 0 Å². The Labute approximate surface area is 184 Å². The molecule has 0 amide bonds. The molecule has 31 heavy (non-hydrogen) atoms. The zero-order chi connectivity index (χ0) is 23.2. The van der Waals surface area contributed by atoms with Crippen molar-refractivity contribution in [2.45, 2.75) is 90.2 Å². The van der Waals surface area contributed by atoms with E-state index in [1.54, 1.807) is 13.0 Å². The van der Waals surface area contributed by atoms with E-state index in [0.717, 1.165) is 0 Å². The van der Waals surface area contributed by atoms with E-state index in [2.05, 4.69) is 0 Å². The minimum Gasteiger partial charge on any atom is -0.390 e. The third-order valence-corrected chi connectivity index (χ3v) is 8.17. The summed E-state index contributed by atoms with van der Waals surface area (Å²) in [6.45, 7) is 8.97. The van der Waals surface area contributed by atoms with Crippen LogP contribution in [0.25, 0.3) is 0 Å².